The van der Waals surface area contributed by atoms with Crippen LogP contribution in [0, 0.1) is 11.3 Å². The van der Waals surface area contributed by atoms with Gasteiger partial charge >= 0.3 is 6.18 Å². The Morgan fingerprint density at radius 1 is 1.32 bits per heavy atom. The fraction of sp³-hybridized carbons (Fsp3) is 0.417. The van der Waals surface area contributed by atoms with Gasteiger partial charge in [-0.3, -0.25) is 0 Å². The molecule has 7 heteroatoms. The van der Waals surface area contributed by atoms with Crippen LogP contribution in [0.1, 0.15) is 12.5 Å². The number of nitriles is 1. The van der Waals surface area contributed by atoms with Crippen LogP contribution in [0.15, 0.2) is 12.1 Å². The van der Waals surface area contributed by atoms with Crippen LogP contribution >= 0.6 is 11.6 Å². The molecule has 0 aromatic heterocycles. The molecule has 0 aliphatic rings. The molecule has 0 heterocycles. The minimum Gasteiger partial charge on any atom is -0.490 e. The number of hydrogen-bond donors (Lipinski definition) is 0. The van der Waals surface area contributed by atoms with E-state index in [1.165, 1.54) is 12.1 Å². The Labute approximate surface area is 113 Å². The fourth-order valence-corrected chi connectivity index (χ4v) is 1.66. The maximum absolute atomic E-state index is 12.1. The van der Waals surface area contributed by atoms with Gasteiger partial charge in [-0.05, 0) is 24.6 Å². The van der Waals surface area contributed by atoms with Crippen molar-refractivity contribution in [3.63, 3.8) is 0 Å². The minimum absolute atomic E-state index is 0.0135. The van der Waals surface area contributed by atoms with Crippen molar-refractivity contribution < 1.29 is 22.6 Å². The summed E-state index contributed by atoms with van der Waals surface area (Å²) in [5.41, 5.74) is 0.551. The molecule has 0 spiro atoms. The molecule has 104 valence electrons. The average Bonchev–Trinajstić information content (AvgIpc) is 2.27. The summed E-state index contributed by atoms with van der Waals surface area (Å²) < 4.78 is 46.3. The molecule has 1 aromatic rings. The average molecular weight is 294 g/mol. The quantitative estimate of drug-likeness (QED) is 0.830. The maximum atomic E-state index is 12.1. The minimum atomic E-state index is -4.46. The molecule has 0 saturated heterocycles. The summed E-state index contributed by atoms with van der Waals surface area (Å²) in [5, 5.41) is 8.58. The first-order valence-electron chi connectivity index (χ1n) is 5.39. The predicted octanol–water partition coefficient (Wildman–Crippen LogP) is 3.75. The van der Waals surface area contributed by atoms with Gasteiger partial charge in [0.25, 0.3) is 0 Å². The second-order valence-electron chi connectivity index (χ2n) is 3.58. The van der Waals surface area contributed by atoms with Crippen molar-refractivity contribution >= 4 is 11.6 Å². The van der Waals surface area contributed by atoms with Crippen LogP contribution in [-0.4, -0.2) is 19.4 Å². The second kappa shape index (κ2) is 6.53. The highest BCUT2D eigenvalue weighted by molar-refractivity contribution is 6.32. The zero-order chi connectivity index (χ0) is 14.5. The molecule has 0 N–H and O–H groups in total. The van der Waals surface area contributed by atoms with E-state index in [2.05, 4.69) is 4.74 Å². The summed E-state index contributed by atoms with van der Waals surface area (Å²) in [6.45, 7) is 0.470. The Kier molecular flexibility index (Phi) is 5.31. The highest BCUT2D eigenvalue weighted by atomic mass is 35.5. The summed E-state index contributed by atoms with van der Waals surface area (Å²) in [5.74, 6) is -0.0629. The van der Waals surface area contributed by atoms with Gasteiger partial charge in [-0.2, -0.15) is 18.4 Å². The molecule has 0 amide bonds. The van der Waals surface area contributed by atoms with Gasteiger partial charge in [0, 0.05) is 0 Å². The molecule has 0 fully saturated rings. The lowest BCUT2D eigenvalue weighted by Crippen LogP contribution is -2.19. The van der Waals surface area contributed by atoms with Crippen molar-refractivity contribution in [1.82, 2.24) is 0 Å². The number of hydrogen-bond acceptors (Lipinski definition) is 3. The monoisotopic (exact) mass is 293 g/mol. The van der Waals surface area contributed by atoms with E-state index < -0.39 is 12.8 Å². The van der Waals surface area contributed by atoms with Crippen molar-refractivity contribution in [3.05, 3.63) is 22.7 Å². The lowest BCUT2D eigenvalue weighted by Gasteiger charge is -2.15. The second-order valence-corrected chi connectivity index (χ2v) is 3.98. The van der Waals surface area contributed by atoms with Crippen molar-refractivity contribution in [2.75, 3.05) is 13.2 Å². The molecule has 3 nitrogen and oxygen atoms in total. The summed E-state index contributed by atoms with van der Waals surface area (Å²) in [7, 11) is 0. The maximum Gasteiger partial charge on any atom is 0.422 e. The number of halogens is 4. The first-order valence-corrected chi connectivity index (χ1v) is 5.77. The third-order valence-electron chi connectivity index (χ3n) is 2.03. The number of benzene rings is 1. The molecule has 0 unspecified atom stereocenters. The molecule has 0 aliphatic heterocycles. The fourth-order valence-electron chi connectivity index (χ4n) is 1.37. The molecule has 1 rings (SSSR count). The van der Waals surface area contributed by atoms with Gasteiger partial charge in [-0.1, -0.05) is 11.6 Å². The van der Waals surface area contributed by atoms with Crippen LogP contribution in [0.2, 0.25) is 5.02 Å². The lowest BCUT2D eigenvalue weighted by atomic mass is 10.1. The van der Waals surface area contributed by atoms with Crippen LogP contribution in [0.4, 0.5) is 13.2 Å². The van der Waals surface area contributed by atoms with E-state index in [1.54, 1.807) is 6.92 Å². The molecule has 0 atom stereocenters. The van der Waals surface area contributed by atoms with Gasteiger partial charge in [0.15, 0.2) is 18.1 Å². The highest BCUT2D eigenvalue weighted by Gasteiger charge is 2.29. The molecular weight excluding hydrogens is 283 g/mol. The van der Waals surface area contributed by atoms with E-state index >= 15 is 0 Å². The summed E-state index contributed by atoms with van der Waals surface area (Å²) in [6.07, 6.45) is -4.38. The molecule has 0 aliphatic carbocycles. The molecular formula is C12H11ClF3NO2. The van der Waals surface area contributed by atoms with E-state index in [1.807, 2.05) is 6.07 Å². The zero-order valence-electron chi connectivity index (χ0n) is 10.1. The standard InChI is InChI=1S/C12H11ClF3NO2/c1-2-18-10-6-8(3-4-17)5-9(13)11(10)19-7-12(14,15)16/h5-6H,2-3,7H2,1H3. The van der Waals surface area contributed by atoms with Gasteiger partial charge in [0.05, 0.1) is 24.1 Å². The van der Waals surface area contributed by atoms with E-state index in [4.69, 9.17) is 21.6 Å². The van der Waals surface area contributed by atoms with Gasteiger partial charge < -0.3 is 9.47 Å². The molecule has 0 bridgehead atoms. The summed E-state index contributed by atoms with van der Waals surface area (Å²) >= 11 is 5.85. The third kappa shape index (κ3) is 4.87. The van der Waals surface area contributed by atoms with Crippen LogP contribution < -0.4 is 9.47 Å². The Hall–Kier alpha value is -1.61. The Balaban J connectivity index is 3.04. The van der Waals surface area contributed by atoms with Gasteiger partial charge in [0.1, 0.15) is 0 Å². The van der Waals surface area contributed by atoms with Crippen molar-refractivity contribution in [3.8, 4) is 17.6 Å². The Morgan fingerprint density at radius 2 is 2.00 bits per heavy atom. The van der Waals surface area contributed by atoms with Gasteiger partial charge in [-0.15, -0.1) is 0 Å². The number of alkyl halides is 3. The van der Waals surface area contributed by atoms with E-state index in [0.29, 0.717) is 5.56 Å². The number of nitrogens with zero attached hydrogens (tertiary/aromatic N) is 1. The van der Waals surface area contributed by atoms with Crippen LogP contribution in [0.5, 0.6) is 11.5 Å². The Bertz CT molecular complexity index is 483. The third-order valence-corrected chi connectivity index (χ3v) is 2.31. The van der Waals surface area contributed by atoms with E-state index in [0.717, 1.165) is 0 Å². The smallest absolute Gasteiger partial charge is 0.422 e. The zero-order valence-corrected chi connectivity index (χ0v) is 10.8. The molecule has 0 radical (unpaired) electrons. The van der Waals surface area contributed by atoms with Crippen molar-refractivity contribution in [1.29, 1.82) is 5.26 Å². The summed E-state index contributed by atoms with van der Waals surface area (Å²) in [4.78, 5) is 0. The van der Waals surface area contributed by atoms with E-state index in [-0.39, 0.29) is 29.5 Å². The van der Waals surface area contributed by atoms with Crippen molar-refractivity contribution in [2.45, 2.75) is 19.5 Å². The molecule has 19 heavy (non-hydrogen) atoms. The van der Waals surface area contributed by atoms with Gasteiger partial charge in [-0.25, -0.2) is 0 Å². The first kappa shape index (κ1) is 15.4. The number of ether oxygens (including phenoxy) is 2. The number of rotatable bonds is 5. The Morgan fingerprint density at radius 3 is 2.53 bits per heavy atom. The van der Waals surface area contributed by atoms with Crippen molar-refractivity contribution in [2.24, 2.45) is 0 Å². The highest BCUT2D eigenvalue weighted by Crippen LogP contribution is 2.37. The van der Waals surface area contributed by atoms with Crippen LogP contribution in [-0.2, 0) is 6.42 Å². The molecule has 0 saturated carbocycles. The topological polar surface area (TPSA) is 42.2 Å². The van der Waals surface area contributed by atoms with Crippen LogP contribution in [0.25, 0.3) is 0 Å². The normalized spacial score (nSPS) is 10.9. The van der Waals surface area contributed by atoms with E-state index in [9.17, 15) is 13.2 Å². The van der Waals surface area contributed by atoms with Gasteiger partial charge in [0.2, 0.25) is 0 Å². The van der Waals surface area contributed by atoms with Crippen LogP contribution in [0.3, 0.4) is 0 Å². The lowest BCUT2D eigenvalue weighted by molar-refractivity contribution is -0.153. The summed E-state index contributed by atoms with van der Waals surface area (Å²) in [6, 6.07) is 4.76. The predicted molar refractivity (Wildman–Crippen MR) is 63.5 cm³/mol. The SMILES string of the molecule is CCOc1cc(CC#N)cc(Cl)c1OCC(F)(F)F. The molecule has 1 aromatic carbocycles. The largest absolute Gasteiger partial charge is 0.490 e. The first-order chi connectivity index (χ1) is 8.87.